The molecule has 0 spiro atoms. The molecule has 260 valence electrons. The van der Waals surface area contributed by atoms with Crippen molar-refractivity contribution in [1.29, 1.82) is 0 Å². The van der Waals surface area contributed by atoms with E-state index in [-0.39, 0.29) is 29.2 Å². The molecule has 0 radical (unpaired) electrons. The summed E-state index contributed by atoms with van der Waals surface area (Å²) in [5.41, 5.74) is 0. The van der Waals surface area contributed by atoms with E-state index in [0.29, 0.717) is 19.8 Å². The standard InChI is InChI=1S/C37H75NO4.BrH/c1-4-6-8-10-12-14-16-18-20-22-24-26-29-39-34-37(35-40-33-36-32-38(3)28-31-42-36)41-30-27-25-23-21-19-17-15-13-11-9-7-5-2;/h36-37H,4-35H2,1-3H3;1H. The lowest BCUT2D eigenvalue weighted by molar-refractivity contribution is -0.892. The van der Waals surface area contributed by atoms with E-state index in [1.165, 1.54) is 146 Å². The smallest absolute Gasteiger partial charge is 0.130 e. The van der Waals surface area contributed by atoms with E-state index in [0.717, 1.165) is 45.8 Å². The van der Waals surface area contributed by atoms with Crippen molar-refractivity contribution in [2.24, 2.45) is 0 Å². The molecule has 1 saturated heterocycles. The fourth-order valence-electron chi connectivity index (χ4n) is 5.98. The Kier molecular flexibility index (Phi) is 35.4. The fraction of sp³-hybridized carbons (Fsp3) is 1.00. The molecule has 0 aliphatic carbocycles. The quantitative estimate of drug-likeness (QED) is 0.0902. The van der Waals surface area contributed by atoms with Crippen LogP contribution in [-0.2, 0) is 18.9 Å². The van der Waals surface area contributed by atoms with Crippen molar-refractivity contribution >= 4 is 0 Å². The molecule has 0 aromatic heterocycles. The van der Waals surface area contributed by atoms with Gasteiger partial charge in [0.2, 0.25) is 0 Å². The van der Waals surface area contributed by atoms with E-state index < -0.39 is 0 Å². The monoisotopic (exact) mass is 677 g/mol. The molecule has 0 amide bonds. The zero-order chi connectivity index (χ0) is 30.2. The largest absolute Gasteiger partial charge is 1.00 e. The predicted octanol–water partition coefficient (Wildman–Crippen LogP) is 5.72. The number of unbranched alkanes of at least 4 members (excludes halogenated alkanes) is 22. The van der Waals surface area contributed by atoms with Gasteiger partial charge in [0, 0.05) is 13.2 Å². The van der Waals surface area contributed by atoms with Gasteiger partial charge in [-0.2, -0.15) is 0 Å². The van der Waals surface area contributed by atoms with E-state index in [9.17, 15) is 0 Å². The van der Waals surface area contributed by atoms with E-state index in [1.54, 1.807) is 0 Å². The number of ether oxygens (including phenoxy) is 4. The number of likely N-dealkylation sites (N-methyl/N-ethyl adjacent to an activating group) is 1. The molecule has 1 aliphatic heterocycles. The maximum atomic E-state index is 6.26. The first-order valence-corrected chi connectivity index (χ1v) is 19.0. The minimum absolute atomic E-state index is 0. The van der Waals surface area contributed by atoms with Gasteiger partial charge in [-0.15, -0.1) is 0 Å². The summed E-state index contributed by atoms with van der Waals surface area (Å²) < 4.78 is 24.3. The lowest BCUT2D eigenvalue weighted by Crippen LogP contribution is -3.12. The molecule has 1 N–H and O–H groups in total. The number of quaternary nitrogens is 1. The van der Waals surface area contributed by atoms with Crippen LogP contribution in [0.5, 0.6) is 0 Å². The number of nitrogens with one attached hydrogen (secondary N) is 1. The Bertz CT molecular complexity index is 527. The average molecular weight is 679 g/mol. The lowest BCUT2D eigenvalue weighted by atomic mass is 10.1. The topological polar surface area (TPSA) is 41.4 Å². The summed E-state index contributed by atoms with van der Waals surface area (Å²) in [5, 5.41) is 0. The molecule has 6 heteroatoms. The van der Waals surface area contributed by atoms with Crippen LogP contribution in [0.1, 0.15) is 168 Å². The maximum Gasteiger partial charge on any atom is 0.130 e. The van der Waals surface area contributed by atoms with Crippen molar-refractivity contribution in [2.45, 2.75) is 180 Å². The first-order chi connectivity index (χ1) is 20.8. The Hall–Kier alpha value is 0.280. The molecule has 3 atom stereocenters. The van der Waals surface area contributed by atoms with Gasteiger partial charge in [0.05, 0.1) is 33.5 Å². The number of rotatable bonds is 33. The second-order valence-corrected chi connectivity index (χ2v) is 13.3. The van der Waals surface area contributed by atoms with Crippen LogP contribution in [0.25, 0.3) is 0 Å². The molecule has 1 heterocycles. The third-order valence-electron chi connectivity index (χ3n) is 8.86. The van der Waals surface area contributed by atoms with Crippen molar-refractivity contribution in [1.82, 2.24) is 0 Å². The van der Waals surface area contributed by atoms with Gasteiger partial charge in [0.25, 0.3) is 0 Å². The van der Waals surface area contributed by atoms with Crippen molar-refractivity contribution < 1.29 is 40.8 Å². The highest BCUT2D eigenvalue weighted by Crippen LogP contribution is 2.13. The molecule has 3 unspecified atom stereocenters. The van der Waals surface area contributed by atoms with E-state index in [2.05, 4.69) is 20.9 Å². The normalized spacial score (nSPS) is 17.7. The van der Waals surface area contributed by atoms with Crippen molar-refractivity contribution in [3.63, 3.8) is 0 Å². The van der Waals surface area contributed by atoms with E-state index >= 15 is 0 Å². The minimum Gasteiger partial charge on any atom is -1.00 e. The van der Waals surface area contributed by atoms with E-state index in [4.69, 9.17) is 18.9 Å². The highest BCUT2D eigenvalue weighted by atomic mass is 79.9. The summed E-state index contributed by atoms with van der Waals surface area (Å²) in [6.07, 6.45) is 33.2. The predicted molar refractivity (Wildman–Crippen MR) is 180 cm³/mol. The van der Waals surface area contributed by atoms with Gasteiger partial charge in [-0.3, -0.25) is 0 Å². The minimum atomic E-state index is 0. The highest BCUT2D eigenvalue weighted by molar-refractivity contribution is 4.61. The van der Waals surface area contributed by atoms with Crippen molar-refractivity contribution in [3.8, 4) is 0 Å². The van der Waals surface area contributed by atoms with Crippen LogP contribution in [-0.4, -0.2) is 72.0 Å². The van der Waals surface area contributed by atoms with Gasteiger partial charge in [-0.25, -0.2) is 0 Å². The van der Waals surface area contributed by atoms with E-state index in [1.807, 2.05) is 0 Å². The molecular formula is C37H76BrNO4. The second-order valence-electron chi connectivity index (χ2n) is 13.3. The molecule has 0 bridgehead atoms. The van der Waals surface area contributed by atoms with Gasteiger partial charge in [0.15, 0.2) is 0 Å². The third kappa shape index (κ3) is 30.7. The Labute approximate surface area is 280 Å². The fourth-order valence-corrected chi connectivity index (χ4v) is 5.98. The van der Waals surface area contributed by atoms with Crippen LogP contribution in [0.4, 0.5) is 0 Å². The molecule has 1 fully saturated rings. The van der Waals surface area contributed by atoms with Gasteiger partial charge in [0.1, 0.15) is 25.3 Å². The molecule has 1 rings (SSSR count). The maximum absolute atomic E-state index is 6.26. The van der Waals surface area contributed by atoms with Crippen LogP contribution in [0.15, 0.2) is 0 Å². The summed E-state index contributed by atoms with van der Waals surface area (Å²) in [6, 6.07) is 0. The third-order valence-corrected chi connectivity index (χ3v) is 8.86. The summed E-state index contributed by atoms with van der Waals surface area (Å²) >= 11 is 0. The summed E-state index contributed by atoms with van der Waals surface area (Å²) in [4.78, 5) is 1.53. The molecule has 43 heavy (non-hydrogen) atoms. The summed E-state index contributed by atoms with van der Waals surface area (Å²) in [5.74, 6) is 0. The number of halogens is 1. The van der Waals surface area contributed by atoms with Gasteiger partial charge in [-0.1, -0.05) is 155 Å². The van der Waals surface area contributed by atoms with Gasteiger partial charge in [-0.05, 0) is 12.8 Å². The number of hydrogen-bond donors (Lipinski definition) is 1. The van der Waals surface area contributed by atoms with Gasteiger partial charge >= 0.3 is 0 Å². The second kappa shape index (κ2) is 35.1. The Morgan fingerprint density at radius 1 is 0.581 bits per heavy atom. The molecule has 5 nitrogen and oxygen atoms in total. The van der Waals surface area contributed by atoms with Crippen molar-refractivity contribution in [2.75, 3.05) is 59.8 Å². The first kappa shape index (κ1) is 43.3. The van der Waals surface area contributed by atoms with Gasteiger partial charge < -0.3 is 40.8 Å². The van der Waals surface area contributed by atoms with Crippen LogP contribution in [0, 0.1) is 0 Å². The Morgan fingerprint density at radius 2 is 1.00 bits per heavy atom. The zero-order valence-corrected chi connectivity index (χ0v) is 30.9. The van der Waals surface area contributed by atoms with Crippen LogP contribution in [0.2, 0.25) is 0 Å². The molecule has 0 aromatic carbocycles. The SMILES string of the molecule is CCCCCCCCCCCCCCOCC(COCC1C[NH+](C)CCO1)OCCCCCCCCCCCCCC.[Br-]. The van der Waals surface area contributed by atoms with Crippen LogP contribution >= 0.6 is 0 Å². The lowest BCUT2D eigenvalue weighted by Gasteiger charge is -2.27. The average Bonchev–Trinajstić information content (AvgIpc) is 2.99. The number of hydrogen-bond acceptors (Lipinski definition) is 4. The van der Waals surface area contributed by atoms with Crippen LogP contribution < -0.4 is 21.9 Å². The van der Waals surface area contributed by atoms with Crippen LogP contribution in [0.3, 0.4) is 0 Å². The molecule has 0 aromatic rings. The molecule has 1 aliphatic rings. The Morgan fingerprint density at radius 3 is 1.47 bits per heavy atom. The first-order valence-electron chi connectivity index (χ1n) is 19.0. The highest BCUT2D eigenvalue weighted by Gasteiger charge is 2.21. The van der Waals surface area contributed by atoms with Crippen molar-refractivity contribution in [3.05, 3.63) is 0 Å². The Balaban J connectivity index is 0.0000176. The zero-order valence-electron chi connectivity index (χ0n) is 29.3. The molecule has 0 saturated carbocycles. The number of morpholine rings is 1. The summed E-state index contributed by atoms with van der Waals surface area (Å²) in [6.45, 7) is 11.1. The summed E-state index contributed by atoms with van der Waals surface area (Å²) in [7, 11) is 2.24. The molecular weight excluding hydrogens is 602 g/mol.